The molecule has 0 spiro atoms. The number of halogens is 5. The summed E-state index contributed by atoms with van der Waals surface area (Å²) in [6.07, 6.45) is -3.89. The molecule has 0 fully saturated rings. The van der Waals surface area contributed by atoms with Crippen LogP contribution in [0.2, 0.25) is 10.0 Å². The predicted octanol–water partition coefficient (Wildman–Crippen LogP) is 7.56. The number of alkyl halides is 3. The van der Waals surface area contributed by atoms with Crippen LogP contribution in [0.1, 0.15) is 41.0 Å². The second-order valence-corrected chi connectivity index (χ2v) is 8.64. The zero-order valence-corrected chi connectivity index (χ0v) is 22.0. The first-order chi connectivity index (χ1) is 18.2. The quantitative estimate of drug-likeness (QED) is 0.237. The number of nitrogens with zero attached hydrogens (tertiary/aromatic N) is 2. The van der Waals surface area contributed by atoms with Crippen LogP contribution >= 0.6 is 23.2 Å². The zero-order valence-electron chi connectivity index (χ0n) is 20.5. The van der Waals surface area contributed by atoms with Gasteiger partial charge in [0.1, 0.15) is 6.29 Å². The van der Waals surface area contributed by atoms with Gasteiger partial charge in [-0.2, -0.15) is 18.3 Å². The van der Waals surface area contributed by atoms with Gasteiger partial charge in [0.15, 0.2) is 5.69 Å². The number of carbonyl (C=O) groups is 2. The summed E-state index contributed by atoms with van der Waals surface area (Å²) in [5.74, 6) is -0.590. The van der Waals surface area contributed by atoms with Crippen molar-refractivity contribution in [1.29, 1.82) is 0 Å². The summed E-state index contributed by atoms with van der Waals surface area (Å²) in [4.78, 5) is 24.8. The molecule has 1 N–H and O–H groups in total. The Bertz CT molecular complexity index is 1400. The first-order valence-corrected chi connectivity index (χ1v) is 12.5. The molecule has 0 radical (unpaired) electrons. The topological polar surface area (TPSA) is 64.0 Å². The summed E-state index contributed by atoms with van der Waals surface area (Å²) in [5.41, 5.74) is 1.71. The Balaban J connectivity index is 0.00000195. The third-order valence-electron chi connectivity index (χ3n) is 5.42. The second-order valence-electron chi connectivity index (χ2n) is 7.79. The lowest BCUT2D eigenvalue weighted by Gasteiger charge is -2.11. The number of benzene rings is 3. The maximum atomic E-state index is 13.2. The van der Waals surface area contributed by atoms with Crippen molar-refractivity contribution >= 4 is 35.4 Å². The van der Waals surface area contributed by atoms with Crippen LogP contribution in [0, 0.1) is 0 Å². The Hall–Kier alpha value is -3.62. The summed E-state index contributed by atoms with van der Waals surface area (Å²) in [5, 5.41) is 8.06. The fraction of sp³-hybridized carbons (Fsp3) is 0.179. The summed E-state index contributed by atoms with van der Waals surface area (Å²) in [6.45, 7) is 3.97. The van der Waals surface area contributed by atoms with E-state index in [-0.39, 0.29) is 18.7 Å². The molecule has 1 aromatic heterocycles. The van der Waals surface area contributed by atoms with Gasteiger partial charge in [-0.25, -0.2) is 4.68 Å². The molecular formula is C28H24Cl2F3N3O2. The Morgan fingerprint density at radius 3 is 2.18 bits per heavy atom. The summed E-state index contributed by atoms with van der Waals surface area (Å²) in [7, 11) is 0. The zero-order chi connectivity index (χ0) is 27.9. The highest BCUT2D eigenvalue weighted by Crippen LogP contribution is 2.33. The first kappa shape index (κ1) is 28.9. The van der Waals surface area contributed by atoms with Gasteiger partial charge in [-0.3, -0.25) is 4.79 Å². The van der Waals surface area contributed by atoms with Crippen molar-refractivity contribution in [3.8, 4) is 16.9 Å². The molecule has 0 saturated carbocycles. The molecular weight excluding hydrogens is 538 g/mol. The van der Waals surface area contributed by atoms with E-state index in [2.05, 4.69) is 10.4 Å². The van der Waals surface area contributed by atoms with Gasteiger partial charge in [0, 0.05) is 29.1 Å². The number of aromatic nitrogens is 2. The molecule has 0 aliphatic carbocycles. The van der Waals surface area contributed by atoms with Crippen LogP contribution in [0.4, 0.5) is 13.2 Å². The fourth-order valence-electron chi connectivity index (χ4n) is 3.69. The second kappa shape index (κ2) is 12.8. The van der Waals surface area contributed by atoms with Crippen LogP contribution in [-0.2, 0) is 23.9 Å². The van der Waals surface area contributed by atoms with Crippen molar-refractivity contribution in [2.24, 2.45) is 0 Å². The molecule has 4 rings (SSSR count). The van der Waals surface area contributed by atoms with Gasteiger partial charge in [-0.15, -0.1) is 0 Å². The van der Waals surface area contributed by atoms with E-state index in [9.17, 15) is 22.8 Å². The maximum absolute atomic E-state index is 13.2. The number of aldehydes is 1. The molecule has 0 saturated heterocycles. The lowest BCUT2D eigenvalue weighted by molar-refractivity contribution is -0.137. The van der Waals surface area contributed by atoms with Crippen molar-refractivity contribution in [3.63, 3.8) is 0 Å². The van der Waals surface area contributed by atoms with E-state index < -0.39 is 17.6 Å². The average molecular weight is 562 g/mol. The van der Waals surface area contributed by atoms with Crippen molar-refractivity contribution in [1.82, 2.24) is 15.1 Å². The van der Waals surface area contributed by atoms with E-state index in [1.807, 2.05) is 13.8 Å². The number of hydrogen-bond acceptors (Lipinski definition) is 3. The number of nitrogens with one attached hydrogen (secondary N) is 1. The lowest BCUT2D eigenvalue weighted by atomic mass is 10.0. The molecule has 1 heterocycles. The maximum Gasteiger partial charge on any atom is 0.416 e. The van der Waals surface area contributed by atoms with Gasteiger partial charge in [-0.1, -0.05) is 73.4 Å². The highest BCUT2D eigenvalue weighted by atomic mass is 35.5. The van der Waals surface area contributed by atoms with Gasteiger partial charge in [0.2, 0.25) is 0 Å². The number of hydrogen-bond donors (Lipinski definition) is 1. The first-order valence-electron chi connectivity index (χ1n) is 11.7. The SMILES string of the molecule is CC.O=CCc1c(C(=O)NCc2ccc(C(F)(F)F)cc2)nn(-c2ccccc2Cl)c1-c1ccc(Cl)cc1. The monoisotopic (exact) mass is 561 g/mol. The summed E-state index contributed by atoms with van der Waals surface area (Å²) < 4.78 is 39.9. The van der Waals surface area contributed by atoms with Crippen LogP contribution in [0.5, 0.6) is 0 Å². The minimum Gasteiger partial charge on any atom is -0.347 e. The van der Waals surface area contributed by atoms with Crippen LogP contribution in [-0.4, -0.2) is 22.0 Å². The molecule has 0 aliphatic rings. The molecule has 38 heavy (non-hydrogen) atoms. The van der Waals surface area contributed by atoms with Crippen molar-refractivity contribution in [2.75, 3.05) is 0 Å². The minimum atomic E-state index is -4.45. The highest BCUT2D eigenvalue weighted by Gasteiger charge is 2.30. The van der Waals surface area contributed by atoms with Gasteiger partial charge in [0.25, 0.3) is 5.91 Å². The molecule has 0 unspecified atom stereocenters. The van der Waals surface area contributed by atoms with Crippen LogP contribution in [0.25, 0.3) is 16.9 Å². The predicted molar refractivity (Wildman–Crippen MR) is 143 cm³/mol. The third kappa shape index (κ3) is 6.62. The third-order valence-corrected chi connectivity index (χ3v) is 5.99. The number of carbonyl (C=O) groups excluding carboxylic acids is 2. The molecule has 0 atom stereocenters. The van der Waals surface area contributed by atoms with Gasteiger partial charge in [0.05, 0.1) is 22.0 Å². The Labute approximate surface area is 228 Å². The molecule has 10 heteroatoms. The molecule has 1 amide bonds. The Kier molecular flexibility index (Phi) is 9.72. The van der Waals surface area contributed by atoms with Crippen LogP contribution in [0.3, 0.4) is 0 Å². The van der Waals surface area contributed by atoms with E-state index in [1.165, 1.54) is 16.8 Å². The average Bonchev–Trinajstić information content (AvgIpc) is 3.28. The van der Waals surface area contributed by atoms with Gasteiger partial charge >= 0.3 is 6.18 Å². The molecule has 0 aliphatic heterocycles. The minimum absolute atomic E-state index is 0.00104. The van der Waals surface area contributed by atoms with Crippen molar-refractivity contribution < 1.29 is 22.8 Å². The standard InChI is InChI=1S/C26H18Cl2F3N3O2.C2H6/c27-19-11-7-17(8-12-19)24-20(13-14-35)23(33-34(24)22-4-2-1-3-21(22)28)25(36)32-15-16-5-9-18(10-6-16)26(29,30)31;1-2/h1-12,14H,13,15H2,(H,32,36);1-2H3. The van der Waals surface area contributed by atoms with Gasteiger partial charge < -0.3 is 10.1 Å². The molecule has 198 valence electrons. The molecule has 5 nitrogen and oxygen atoms in total. The highest BCUT2D eigenvalue weighted by molar-refractivity contribution is 6.32. The smallest absolute Gasteiger partial charge is 0.347 e. The van der Waals surface area contributed by atoms with E-state index in [0.717, 1.165) is 12.1 Å². The molecule has 0 bridgehead atoms. The Morgan fingerprint density at radius 1 is 0.974 bits per heavy atom. The normalized spacial score (nSPS) is 10.9. The Morgan fingerprint density at radius 2 is 1.61 bits per heavy atom. The number of para-hydroxylation sites is 1. The van der Waals surface area contributed by atoms with E-state index in [0.29, 0.717) is 44.4 Å². The molecule has 4 aromatic rings. The fourth-order valence-corrected chi connectivity index (χ4v) is 4.03. The number of rotatable bonds is 7. The largest absolute Gasteiger partial charge is 0.416 e. The summed E-state index contributed by atoms with van der Waals surface area (Å²) >= 11 is 12.5. The van der Waals surface area contributed by atoms with Gasteiger partial charge in [-0.05, 0) is 42.0 Å². The molecule has 3 aromatic carbocycles. The lowest BCUT2D eigenvalue weighted by Crippen LogP contribution is -2.24. The van der Waals surface area contributed by atoms with Crippen molar-refractivity contribution in [2.45, 2.75) is 33.0 Å². The van der Waals surface area contributed by atoms with E-state index >= 15 is 0 Å². The van der Waals surface area contributed by atoms with E-state index in [1.54, 1.807) is 48.5 Å². The van der Waals surface area contributed by atoms with Crippen molar-refractivity contribution in [3.05, 3.63) is 105 Å². The summed E-state index contributed by atoms with van der Waals surface area (Å²) in [6, 6.07) is 18.2. The van der Waals surface area contributed by atoms with E-state index in [4.69, 9.17) is 23.2 Å². The number of amides is 1. The van der Waals surface area contributed by atoms with Crippen LogP contribution in [0.15, 0.2) is 72.8 Å². The van der Waals surface area contributed by atoms with Crippen LogP contribution < -0.4 is 5.32 Å².